The monoisotopic (exact) mass is 370 g/mol. The lowest BCUT2D eigenvalue weighted by atomic mass is 9.85. The number of likely N-dealkylation sites (tertiary alicyclic amines) is 2. The van der Waals surface area contributed by atoms with E-state index in [1.54, 1.807) is 20.8 Å². The maximum absolute atomic E-state index is 15.3. The summed E-state index contributed by atoms with van der Waals surface area (Å²) in [5, 5.41) is 0. The van der Waals surface area contributed by atoms with Crippen LogP contribution in [0.4, 0.5) is 9.18 Å². The van der Waals surface area contributed by atoms with Crippen molar-refractivity contribution in [2.75, 3.05) is 33.3 Å². The summed E-state index contributed by atoms with van der Waals surface area (Å²) in [5.41, 5.74) is -2.54. The molecule has 2 unspecified atom stereocenters. The molecule has 146 valence electrons. The molecule has 1 saturated carbocycles. The van der Waals surface area contributed by atoms with Crippen molar-refractivity contribution in [2.45, 2.75) is 44.9 Å². The van der Waals surface area contributed by atoms with Crippen molar-refractivity contribution in [3.05, 3.63) is 0 Å². The number of halogens is 1. The molecule has 0 aromatic carbocycles. The number of esters is 1. The first-order valence-corrected chi connectivity index (χ1v) is 9.09. The number of rotatable bonds is 3. The molecule has 8 heteroatoms. The van der Waals surface area contributed by atoms with E-state index in [1.807, 2.05) is 0 Å². The van der Waals surface area contributed by atoms with Gasteiger partial charge < -0.3 is 19.3 Å². The van der Waals surface area contributed by atoms with Gasteiger partial charge in [-0.25, -0.2) is 9.18 Å². The zero-order valence-electron chi connectivity index (χ0n) is 15.8. The summed E-state index contributed by atoms with van der Waals surface area (Å²) in [6.07, 6.45) is 0.181. The highest BCUT2D eigenvalue weighted by Gasteiger charge is 2.59. The van der Waals surface area contributed by atoms with Gasteiger partial charge >= 0.3 is 12.1 Å². The quantitative estimate of drug-likeness (QED) is 0.706. The highest BCUT2D eigenvalue weighted by molar-refractivity contribution is 5.88. The molecular weight excluding hydrogens is 343 g/mol. The SMILES string of the molecule is COC(=O)C1CC1CN1C[C@@H]2CN(C(=O)OC(C)(C)C)CC[C@]2(F)C1=O. The predicted molar refractivity (Wildman–Crippen MR) is 89.9 cm³/mol. The molecule has 0 aromatic rings. The third-order valence-corrected chi connectivity index (χ3v) is 5.45. The van der Waals surface area contributed by atoms with Crippen molar-refractivity contribution in [3.8, 4) is 0 Å². The van der Waals surface area contributed by atoms with Gasteiger partial charge in [-0.3, -0.25) is 9.59 Å². The molecule has 4 atom stereocenters. The number of methoxy groups -OCH3 is 1. The number of fused-ring (bicyclic) bond motifs is 1. The van der Waals surface area contributed by atoms with Gasteiger partial charge in [-0.2, -0.15) is 0 Å². The van der Waals surface area contributed by atoms with Crippen molar-refractivity contribution in [1.82, 2.24) is 9.80 Å². The molecular formula is C18H27FN2O5. The van der Waals surface area contributed by atoms with E-state index in [-0.39, 0.29) is 43.9 Å². The Morgan fingerprint density at radius 2 is 2.00 bits per heavy atom. The van der Waals surface area contributed by atoms with Gasteiger partial charge in [-0.05, 0) is 33.1 Å². The maximum atomic E-state index is 15.3. The van der Waals surface area contributed by atoms with E-state index in [9.17, 15) is 14.4 Å². The van der Waals surface area contributed by atoms with Crippen molar-refractivity contribution >= 4 is 18.0 Å². The van der Waals surface area contributed by atoms with E-state index in [2.05, 4.69) is 0 Å². The van der Waals surface area contributed by atoms with Gasteiger partial charge in [-0.1, -0.05) is 0 Å². The molecule has 26 heavy (non-hydrogen) atoms. The van der Waals surface area contributed by atoms with Gasteiger partial charge in [0.2, 0.25) is 0 Å². The fraction of sp³-hybridized carbons (Fsp3) is 0.833. The molecule has 1 aliphatic carbocycles. The smallest absolute Gasteiger partial charge is 0.410 e. The molecule has 3 aliphatic rings. The van der Waals surface area contributed by atoms with Gasteiger partial charge in [0.25, 0.3) is 5.91 Å². The van der Waals surface area contributed by atoms with Crippen molar-refractivity contribution < 1.29 is 28.2 Å². The van der Waals surface area contributed by atoms with Crippen molar-refractivity contribution in [1.29, 1.82) is 0 Å². The second-order valence-corrected chi connectivity index (χ2v) is 8.57. The van der Waals surface area contributed by atoms with Crippen LogP contribution in [0.5, 0.6) is 0 Å². The van der Waals surface area contributed by atoms with Gasteiger partial charge in [0, 0.05) is 38.5 Å². The zero-order chi connectivity index (χ0) is 19.3. The number of carbonyl (C=O) groups is 3. The molecule has 0 aromatic heterocycles. The van der Waals surface area contributed by atoms with Crippen molar-refractivity contribution in [2.24, 2.45) is 17.8 Å². The highest BCUT2D eigenvalue weighted by Crippen LogP contribution is 2.44. The molecule has 0 bridgehead atoms. The number of carbonyl (C=O) groups excluding carboxylic acids is 3. The van der Waals surface area contributed by atoms with Crippen molar-refractivity contribution in [3.63, 3.8) is 0 Å². The van der Waals surface area contributed by atoms with Crippen LogP contribution in [-0.4, -0.2) is 72.3 Å². The third kappa shape index (κ3) is 3.50. The van der Waals surface area contributed by atoms with Crippen LogP contribution in [0.15, 0.2) is 0 Å². The highest BCUT2D eigenvalue weighted by atomic mass is 19.1. The Morgan fingerprint density at radius 3 is 2.62 bits per heavy atom. The van der Waals surface area contributed by atoms with E-state index < -0.39 is 29.2 Å². The average Bonchev–Trinajstić information content (AvgIpc) is 3.27. The summed E-state index contributed by atoms with van der Waals surface area (Å²) in [7, 11) is 1.34. The second kappa shape index (κ2) is 6.39. The molecule has 7 nitrogen and oxygen atoms in total. The lowest BCUT2D eigenvalue weighted by Gasteiger charge is -2.37. The number of hydrogen-bond donors (Lipinski definition) is 0. The van der Waals surface area contributed by atoms with E-state index in [1.165, 1.54) is 16.9 Å². The largest absolute Gasteiger partial charge is 0.469 e. The van der Waals surface area contributed by atoms with Crippen LogP contribution in [0.1, 0.15) is 33.6 Å². The van der Waals surface area contributed by atoms with E-state index in [0.717, 1.165) is 0 Å². The van der Waals surface area contributed by atoms with Crippen LogP contribution in [0, 0.1) is 17.8 Å². The minimum absolute atomic E-state index is 0.0165. The molecule has 2 saturated heterocycles. The summed E-state index contributed by atoms with van der Waals surface area (Å²) in [6, 6.07) is 0. The average molecular weight is 370 g/mol. The van der Waals surface area contributed by atoms with Gasteiger partial charge in [0.1, 0.15) is 5.60 Å². The fourth-order valence-electron chi connectivity index (χ4n) is 3.92. The van der Waals surface area contributed by atoms with Crippen LogP contribution in [0.3, 0.4) is 0 Å². The summed E-state index contributed by atoms with van der Waals surface area (Å²) < 4.78 is 25.4. The first-order chi connectivity index (χ1) is 12.0. The van der Waals surface area contributed by atoms with Crippen LogP contribution < -0.4 is 0 Å². The third-order valence-electron chi connectivity index (χ3n) is 5.45. The number of piperidine rings is 1. The van der Waals surface area contributed by atoms with E-state index >= 15 is 4.39 Å². The summed E-state index contributed by atoms with van der Waals surface area (Å²) in [4.78, 5) is 39.3. The first kappa shape index (κ1) is 18.9. The number of amides is 2. The Morgan fingerprint density at radius 1 is 1.31 bits per heavy atom. The molecule has 0 N–H and O–H groups in total. The minimum Gasteiger partial charge on any atom is -0.469 e. The topological polar surface area (TPSA) is 76.2 Å². The van der Waals surface area contributed by atoms with Crippen LogP contribution >= 0.6 is 0 Å². The Hall–Kier alpha value is -1.86. The Bertz CT molecular complexity index is 619. The molecule has 3 rings (SSSR count). The van der Waals surface area contributed by atoms with Crippen LogP contribution in [0.2, 0.25) is 0 Å². The van der Waals surface area contributed by atoms with Gasteiger partial charge in [-0.15, -0.1) is 0 Å². The summed E-state index contributed by atoms with van der Waals surface area (Å²) in [6.45, 7) is 6.30. The lowest BCUT2D eigenvalue weighted by Crippen LogP contribution is -2.53. The standard InChI is InChI=1S/C18H27FN2O5/c1-17(2,3)26-16(24)20-6-5-18(19)12(9-20)10-21(15(18)23)8-11-7-13(11)14(22)25-4/h11-13H,5-10H2,1-4H3/t11?,12-,13?,18+/m0/s1. The molecule has 3 fully saturated rings. The first-order valence-electron chi connectivity index (χ1n) is 9.09. The Labute approximate surface area is 152 Å². The summed E-state index contributed by atoms with van der Waals surface area (Å²) >= 11 is 0. The molecule has 0 spiro atoms. The molecule has 2 amide bonds. The normalized spacial score (nSPS) is 33.7. The summed E-state index contributed by atoms with van der Waals surface area (Å²) in [5.74, 6) is -1.50. The molecule has 2 heterocycles. The molecule has 0 radical (unpaired) electrons. The predicted octanol–water partition coefficient (Wildman–Crippen LogP) is 1.60. The minimum atomic E-state index is -1.92. The van der Waals surface area contributed by atoms with Gasteiger partial charge in [0.15, 0.2) is 5.67 Å². The number of hydrogen-bond acceptors (Lipinski definition) is 5. The van der Waals surface area contributed by atoms with Crippen LogP contribution in [-0.2, 0) is 19.1 Å². The van der Waals surface area contributed by atoms with E-state index in [4.69, 9.17) is 9.47 Å². The van der Waals surface area contributed by atoms with E-state index in [0.29, 0.717) is 13.0 Å². The fourth-order valence-corrected chi connectivity index (χ4v) is 3.92. The lowest BCUT2D eigenvalue weighted by molar-refractivity contribution is -0.144. The number of alkyl halides is 1. The zero-order valence-corrected chi connectivity index (χ0v) is 15.8. The molecule has 2 aliphatic heterocycles. The second-order valence-electron chi connectivity index (χ2n) is 8.57. The number of ether oxygens (including phenoxy) is 2. The van der Waals surface area contributed by atoms with Crippen LogP contribution in [0.25, 0.3) is 0 Å². The maximum Gasteiger partial charge on any atom is 0.410 e. The number of nitrogens with zero attached hydrogens (tertiary/aromatic N) is 2. The van der Waals surface area contributed by atoms with Gasteiger partial charge in [0.05, 0.1) is 13.0 Å². The Kier molecular flexibility index (Phi) is 4.65. The Balaban J connectivity index is 1.60.